The van der Waals surface area contributed by atoms with E-state index in [1.54, 1.807) is 0 Å². The molecule has 1 aromatic carbocycles. The molecule has 3 nitrogen and oxygen atoms in total. The predicted octanol–water partition coefficient (Wildman–Crippen LogP) is 3.31. The largest absolute Gasteiger partial charge is 0.362 e. The normalized spacial score (nSPS) is 10.1. The Kier molecular flexibility index (Phi) is 5.50. The number of aryl methyl sites for hydroxylation is 2. The summed E-state index contributed by atoms with van der Waals surface area (Å²) in [7, 11) is 0. The van der Waals surface area contributed by atoms with Gasteiger partial charge in [-0.1, -0.05) is 36.4 Å². The number of hydrogen-bond acceptors (Lipinski definition) is 2. The Bertz CT molecular complexity index is 537. The molecule has 0 aliphatic heterocycles. The molecule has 0 fully saturated rings. The number of rotatable bonds is 5. The molecule has 0 saturated carbocycles. The lowest BCUT2D eigenvalue weighted by Crippen LogP contribution is -2.29. The first kappa shape index (κ1) is 14.5. The molecule has 0 atom stereocenters. The third-order valence-corrected chi connectivity index (χ3v) is 3.17. The van der Waals surface area contributed by atoms with Crippen molar-refractivity contribution in [2.75, 3.05) is 11.9 Å². The van der Waals surface area contributed by atoms with Crippen molar-refractivity contribution >= 4 is 23.1 Å². The Hall–Kier alpha value is -1.94. The van der Waals surface area contributed by atoms with Gasteiger partial charge in [-0.3, -0.25) is 0 Å². The summed E-state index contributed by atoms with van der Waals surface area (Å²) in [6, 6.07) is 14.4. The Morgan fingerprint density at radius 1 is 1.15 bits per heavy atom. The number of hydrogen-bond donors (Lipinski definition) is 2. The molecule has 1 aromatic heterocycles. The van der Waals surface area contributed by atoms with E-state index in [4.69, 9.17) is 12.2 Å². The van der Waals surface area contributed by atoms with Crippen molar-refractivity contribution in [3.63, 3.8) is 0 Å². The van der Waals surface area contributed by atoms with Gasteiger partial charge in [-0.15, -0.1) is 0 Å². The molecular weight excluding hydrogens is 266 g/mol. The van der Waals surface area contributed by atoms with Gasteiger partial charge in [-0.05, 0) is 49.2 Å². The third-order valence-electron chi connectivity index (χ3n) is 2.92. The third kappa shape index (κ3) is 4.97. The van der Waals surface area contributed by atoms with Gasteiger partial charge in [0.1, 0.15) is 5.82 Å². The smallest absolute Gasteiger partial charge is 0.171 e. The van der Waals surface area contributed by atoms with Crippen molar-refractivity contribution in [3.05, 3.63) is 59.8 Å². The molecule has 0 saturated heterocycles. The van der Waals surface area contributed by atoms with Gasteiger partial charge >= 0.3 is 0 Å². The fourth-order valence-electron chi connectivity index (χ4n) is 1.84. The minimum absolute atomic E-state index is 0.620. The molecule has 2 aromatic rings. The second kappa shape index (κ2) is 7.60. The first-order valence-corrected chi connectivity index (χ1v) is 7.16. The fourth-order valence-corrected chi connectivity index (χ4v) is 2.05. The van der Waals surface area contributed by atoms with Crippen LogP contribution in [0.1, 0.15) is 17.5 Å². The number of nitrogens with zero attached hydrogens (tertiary/aromatic N) is 1. The van der Waals surface area contributed by atoms with Gasteiger partial charge in [0, 0.05) is 12.7 Å². The van der Waals surface area contributed by atoms with Crippen LogP contribution in [0.25, 0.3) is 0 Å². The maximum absolute atomic E-state index is 5.24. The van der Waals surface area contributed by atoms with Crippen LogP contribution in [0.15, 0.2) is 48.7 Å². The van der Waals surface area contributed by atoms with Crippen molar-refractivity contribution in [1.29, 1.82) is 0 Å². The van der Waals surface area contributed by atoms with E-state index in [-0.39, 0.29) is 0 Å². The maximum Gasteiger partial charge on any atom is 0.171 e. The van der Waals surface area contributed by atoms with Crippen LogP contribution >= 0.6 is 12.2 Å². The van der Waals surface area contributed by atoms with E-state index < -0.39 is 0 Å². The minimum atomic E-state index is 0.620. The Labute approximate surface area is 125 Å². The lowest BCUT2D eigenvalue weighted by Gasteiger charge is -2.09. The molecule has 20 heavy (non-hydrogen) atoms. The lowest BCUT2D eigenvalue weighted by molar-refractivity contribution is 0.777. The molecule has 0 bridgehead atoms. The van der Waals surface area contributed by atoms with Crippen LogP contribution in [0.5, 0.6) is 0 Å². The molecule has 2 N–H and O–H groups in total. The SMILES string of the molecule is Cc1ccc(NC(=S)NCCCc2ccccc2)nc1. The number of nitrogens with one attached hydrogen (secondary N) is 2. The molecule has 0 aliphatic rings. The van der Waals surface area contributed by atoms with Crippen molar-refractivity contribution in [3.8, 4) is 0 Å². The molecular formula is C16H19N3S. The van der Waals surface area contributed by atoms with Gasteiger partial charge < -0.3 is 10.6 Å². The molecule has 0 aliphatic carbocycles. The molecule has 2 rings (SSSR count). The first-order valence-electron chi connectivity index (χ1n) is 6.75. The van der Waals surface area contributed by atoms with E-state index in [0.29, 0.717) is 5.11 Å². The van der Waals surface area contributed by atoms with Gasteiger partial charge in [0.2, 0.25) is 0 Å². The van der Waals surface area contributed by atoms with Gasteiger partial charge in [0.15, 0.2) is 5.11 Å². The molecule has 0 spiro atoms. The molecule has 0 unspecified atom stereocenters. The molecule has 104 valence electrons. The van der Waals surface area contributed by atoms with Gasteiger partial charge in [-0.25, -0.2) is 4.98 Å². The highest BCUT2D eigenvalue weighted by Gasteiger charge is 1.98. The van der Waals surface area contributed by atoms with Crippen LogP contribution < -0.4 is 10.6 Å². The summed E-state index contributed by atoms with van der Waals surface area (Å²) in [5, 5.41) is 6.89. The van der Waals surface area contributed by atoms with Crippen molar-refractivity contribution in [2.45, 2.75) is 19.8 Å². The standard InChI is InChI=1S/C16H19N3S/c1-13-9-10-15(18-12-13)19-16(20)17-11-5-8-14-6-3-2-4-7-14/h2-4,6-7,9-10,12H,5,8,11H2,1H3,(H2,17,18,19,20). The summed E-state index contributed by atoms with van der Waals surface area (Å²) in [6.45, 7) is 2.86. The van der Waals surface area contributed by atoms with Crippen LogP contribution in [-0.2, 0) is 6.42 Å². The lowest BCUT2D eigenvalue weighted by atomic mass is 10.1. The summed E-state index contributed by atoms with van der Waals surface area (Å²) < 4.78 is 0. The van der Waals surface area contributed by atoms with E-state index in [1.165, 1.54) is 5.56 Å². The maximum atomic E-state index is 5.24. The topological polar surface area (TPSA) is 37.0 Å². The fraction of sp³-hybridized carbons (Fsp3) is 0.250. The minimum Gasteiger partial charge on any atom is -0.362 e. The van der Waals surface area contributed by atoms with Crippen LogP contribution in [0.4, 0.5) is 5.82 Å². The van der Waals surface area contributed by atoms with Gasteiger partial charge in [-0.2, -0.15) is 0 Å². The highest BCUT2D eigenvalue weighted by atomic mass is 32.1. The van der Waals surface area contributed by atoms with Crippen LogP contribution in [0.3, 0.4) is 0 Å². The molecule has 0 amide bonds. The number of pyridine rings is 1. The van der Waals surface area contributed by atoms with Crippen molar-refractivity contribution in [2.24, 2.45) is 0 Å². The Morgan fingerprint density at radius 2 is 1.95 bits per heavy atom. The number of aromatic nitrogens is 1. The number of anilines is 1. The summed E-state index contributed by atoms with van der Waals surface area (Å²) in [6.07, 6.45) is 3.92. The molecule has 1 heterocycles. The van der Waals surface area contributed by atoms with E-state index in [1.807, 2.05) is 31.3 Å². The summed E-state index contributed by atoms with van der Waals surface area (Å²) in [4.78, 5) is 4.26. The highest BCUT2D eigenvalue weighted by Crippen LogP contribution is 2.04. The van der Waals surface area contributed by atoms with Crippen LogP contribution in [-0.4, -0.2) is 16.6 Å². The molecule has 0 radical (unpaired) electrons. The van der Waals surface area contributed by atoms with Crippen LogP contribution in [0.2, 0.25) is 0 Å². The van der Waals surface area contributed by atoms with E-state index in [9.17, 15) is 0 Å². The Morgan fingerprint density at radius 3 is 2.65 bits per heavy atom. The van der Waals surface area contributed by atoms with Gasteiger partial charge in [0.05, 0.1) is 0 Å². The summed E-state index contributed by atoms with van der Waals surface area (Å²) in [5.74, 6) is 0.774. The first-order chi connectivity index (χ1) is 9.74. The number of thiocarbonyl (C=S) groups is 1. The summed E-state index contributed by atoms with van der Waals surface area (Å²) in [5.41, 5.74) is 2.49. The second-order valence-electron chi connectivity index (χ2n) is 4.69. The predicted molar refractivity (Wildman–Crippen MR) is 88.0 cm³/mol. The Balaban J connectivity index is 1.66. The monoisotopic (exact) mass is 285 g/mol. The van der Waals surface area contributed by atoms with Crippen LogP contribution in [0, 0.1) is 6.92 Å². The zero-order valence-electron chi connectivity index (χ0n) is 11.6. The van der Waals surface area contributed by atoms with E-state index >= 15 is 0 Å². The van der Waals surface area contributed by atoms with Crippen molar-refractivity contribution < 1.29 is 0 Å². The zero-order valence-corrected chi connectivity index (χ0v) is 12.4. The van der Waals surface area contributed by atoms with E-state index in [2.05, 4.69) is 39.9 Å². The zero-order chi connectivity index (χ0) is 14.2. The highest BCUT2D eigenvalue weighted by molar-refractivity contribution is 7.80. The second-order valence-corrected chi connectivity index (χ2v) is 5.10. The number of benzene rings is 1. The van der Waals surface area contributed by atoms with E-state index in [0.717, 1.165) is 30.8 Å². The average Bonchev–Trinajstić information content (AvgIpc) is 2.47. The quantitative estimate of drug-likeness (QED) is 0.653. The average molecular weight is 285 g/mol. The van der Waals surface area contributed by atoms with Gasteiger partial charge in [0.25, 0.3) is 0 Å². The van der Waals surface area contributed by atoms with Crippen molar-refractivity contribution in [1.82, 2.24) is 10.3 Å². The molecule has 4 heteroatoms. The summed E-state index contributed by atoms with van der Waals surface area (Å²) >= 11 is 5.24.